The van der Waals surface area contributed by atoms with Crippen molar-refractivity contribution < 1.29 is 14.3 Å². The topological polar surface area (TPSA) is 38.8 Å². The molecule has 4 heteroatoms. The number of esters is 1. The molecule has 0 fully saturated rings. The van der Waals surface area contributed by atoms with Crippen molar-refractivity contribution in [1.29, 1.82) is 0 Å². The number of rotatable bonds is 6. The minimum atomic E-state index is -0.347. The average Bonchev–Trinajstić information content (AvgIpc) is 2.44. The Hall–Kier alpha value is -2.07. The lowest BCUT2D eigenvalue weighted by Crippen LogP contribution is -2.22. The Morgan fingerprint density at radius 1 is 1.10 bits per heavy atom. The molecule has 0 bridgehead atoms. The van der Waals surface area contributed by atoms with Crippen molar-refractivity contribution in [3.8, 4) is 5.75 Å². The average molecular weight is 273 g/mol. The third-order valence-electron chi connectivity index (χ3n) is 2.88. The van der Waals surface area contributed by atoms with E-state index in [1.165, 1.54) is 0 Å². The number of carbonyl (C=O) groups is 1. The molecule has 0 aliphatic heterocycles. The van der Waals surface area contributed by atoms with Crippen LogP contribution in [0.1, 0.15) is 0 Å². The SMILES string of the molecule is CN(C)CCOC(=O)COc1ccc2ccccc2c1. The zero-order chi connectivity index (χ0) is 14.4. The molecule has 2 aromatic carbocycles. The fraction of sp³-hybridized carbons (Fsp3) is 0.312. The van der Waals surface area contributed by atoms with E-state index in [9.17, 15) is 4.79 Å². The number of fused-ring (bicyclic) bond motifs is 1. The fourth-order valence-corrected chi connectivity index (χ4v) is 1.78. The van der Waals surface area contributed by atoms with Crippen LogP contribution < -0.4 is 4.74 Å². The number of hydrogen-bond acceptors (Lipinski definition) is 4. The second-order valence-corrected chi connectivity index (χ2v) is 4.82. The van der Waals surface area contributed by atoms with Crippen LogP contribution in [-0.4, -0.2) is 44.7 Å². The smallest absolute Gasteiger partial charge is 0.344 e. The first-order chi connectivity index (χ1) is 9.65. The van der Waals surface area contributed by atoms with Gasteiger partial charge >= 0.3 is 5.97 Å². The van der Waals surface area contributed by atoms with Gasteiger partial charge in [-0.25, -0.2) is 4.79 Å². The molecule has 0 N–H and O–H groups in total. The Morgan fingerprint density at radius 2 is 1.85 bits per heavy atom. The van der Waals surface area contributed by atoms with Gasteiger partial charge in [-0.1, -0.05) is 30.3 Å². The largest absolute Gasteiger partial charge is 0.482 e. The van der Waals surface area contributed by atoms with Crippen LogP contribution in [0.5, 0.6) is 5.75 Å². The van der Waals surface area contributed by atoms with E-state index in [-0.39, 0.29) is 12.6 Å². The predicted octanol–water partition coefficient (Wildman–Crippen LogP) is 2.32. The Morgan fingerprint density at radius 3 is 2.60 bits per heavy atom. The van der Waals surface area contributed by atoms with Crippen LogP contribution in [0.15, 0.2) is 42.5 Å². The number of benzene rings is 2. The Balaban J connectivity index is 1.84. The molecule has 0 saturated carbocycles. The van der Waals surface area contributed by atoms with Crippen molar-refractivity contribution in [3.05, 3.63) is 42.5 Å². The van der Waals surface area contributed by atoms with E-state index in [0.717, 1.165) is 10.8 Å². The van der Waals surface area contributed by atoms with E-state index in [1.54, 1.807) is 0 Å². The first-order valence-corrected chi connectivity index (χ1v) is 6.57. The van der Waals surface area contributed by atoms with Crippen LogP contribution in [0.2, 0.25) is 0 Å². The third-order valence-corrected chi connectivity index (χ3v) is 2.88. The molecule has 0 heterocycles. The molecule has 2 rings (SSSR count). The van der Waals surface area contributed by atoms with Gasteiger partial charge in [-0.15, -0.1) is 0 Å². The third kappa shape index (κ3) is 4.24. The van der Waals surface area contributed by atoms with Gasteiger partial charge in [0.1, 0.15) is 12.4 Å². The molecule has 2 aromatic rings. The number of likely N-dealkylation sites (N-methyl/N-ethyl adjacent to an activating group) is 1. The minimum absolute atomic E-state index is 0.0637. The monoisotopic (exact) mass is 273 g/mol. The summed E-state index contributed by atoms with van der Waals surface area (Å²) >= 11 is 0. The second-order valence-electron chi connectivity index (χ2n) is 4.82. The molecule has 0 unspecified atom stereocenters. The van der Waals surface area contributed by atoms with Crippen molar-refractivity contribution in [1.82, 2.24) is 4.90 Å². The Kier molecular flexibility index (Phi) is 4.96. The quantitative estimate of drug-likeness (QED) is 0.757. The summed E-state index contributed by atoms with van der Waals surface area (Å²) < 4.78 is 10.5. The van der Waals surface area contributed by atoms with E-state index in [2.05, 4.69) is 0 Å². The van der Waals surface area contributed by atoms with Crippen molar-refractivity contribution in [2.24, 2.45) is 0 Å². The lowest BCUT2D eigenvalue weighted by molar-refractivity contribution is -0.146. The van der Waals surface area contributed by atoms with Crippen LogP contribution >= 0.6 is 0 Å². The predicted molar refractivity (Wildman–Crippen MR) is 79.0 cm³/mol. The molecule has 0 aliphatic rings. The Bertz CT molecular complexity index is 581. The van der Waals surface area contributed by atoms with Gasteiger partial charge in [0.05, 0.1) is 0 Å². The summed E-state index contributed by atoms with van der Waals surface area (Å²) in [5, 5.41) is 2.24. The number of nitrogens with zero attached hydrogens (tertiary/aromatic N) is 1. The Labute approximate surface area is 118 Å². The molecule has 20 heavy (non-hydrogen) atoms. The van der Waals surface area contributed by atoms with Crippen molar-refractivity contribution in [2.45, 2.75) is 0 Å². The molecule has 0 aliphatic carbocycles. The van der Waals surface area contributed by atoms with Gasteiger partial charge in [-0.3, -0.25) is 0 Å². The molecule has 0 saturated heterocycles. The van der Waals surface area contributed by atoms with Gasteiger partial charge in [-0.2, -0.15) is 0 Å². The van der Waals surface area contributed by atoms with E-state index in [0.29, 0.717) is 18.9 Å². The maximum atomic E-state index is 11.5. The van der Waals surface area contributed by atoms with Crippen LogP contribution in [0, 0.1) is 0 Å². The summed E-state index contributed by atoms with van der Waals surface area (Å²) in [4.78, 5) is 13.5. The summed E-state index contributed by atoms with van der Waals surface area (Å²) in [5.74, 6) is 0.327. The standard InChI is InChI=1S/C16H19NO3/c1-17(2)9-10-19-16(18)12-20-15-8-7-13-5-3-4-6-14(13)11-15/h3-8,11H,9-10,12H2,1-2H3. The van der Waals surface area contributed by atoms with Gasteiger partial charge in [0.15, 0.2) is 6.61 Å². The lowest BCUT2D eigenvalue weighted by atomic mass is 10.1. The van der Waals surface area contributed by atoms with Gasteiger partial charge < -0.3 is 14.4 Å². The molecule has 0 aromatic heterocycles. The summed E-state index contributed by atoms with van der Waals surface area (Å²) in [6.07, 6.45) is 0. The molecular weight excluding hydrogens is 254 g/mol. The first kappa shape index (κ1) is 14.3. The van der Waals surface area contributed by atoms with Crippen LogP contribution in [0.25, 0.3) is 10.8 Å². The molecule has 0 amide bonds. The number of carbonyl (C=O) groups excluding carboxylic acids is 1. The van der Waals surface area contributed by atoms with Crippen LogP contribution in [0.4, 0.5) is 0 Å². The van der Waals surface area contributed by atoms with Crippen molar-refractivity contribution in [3.63, 3.8) is 0 Å². The van der Waals surface area contributed by atoms with E-state index < -0.39 is 0 Å². The van der Waals surface area contributed by atoms with Gasteiger partial charge in [0.2, 0.25) is 0 Å². The van der Waals surface area contributed by atoms with Crippen LogP contribution in [0.3, 0.4) is 0 Å². The molecule has 0 radical (unpaired) electrons. The highest BCUT2D eigenvalue weighted by Crippen LogP contribution is 2.20. The number of hydrogen-bond donors (Lipinski definition) is 0. The molecular formula is C16H19NO3. The zero-order valence-corrected chi connectivity index (χ0v) is 11.8. The first-order valence-electron chi connectivity index (χ1n) is 6.57. The van der Waals surface area contributed by atoms with Gasteiger partial charge in [-0.05, 0) is 37.0 Å². The molecule has 0 atom stereocenters. The van der Waals surface area contributed by atoms with Gasteiger partial charge in [0, 0.05) is 6.54 Å². The summed E-state index contributed by atoms with van der Waals surface area (Å²) in [5.41, 5.74) is 0. The highest BCUT2D eigenvalue weighted by molar-refractivity contribution is 5.83. The van der Waals surface area contributed by atoms with E-state index in [4.69, 9.17) is 9.47 Å². The molecule has 4 nitrogen and oxygen atoms in total. The van der Waals surface area contributed by atoms with Crippen molar-refractivity contribution in [2.75, 3.05) is 33.9 Å². The lowest BCUT2D eigenvalue weighted by Gasteiger charge is -2.10. The molecule has 106 valence electrons. The van der Waals surface area contributed by atoms with E-state index >= 15 is 0 Å². The normalized spacial score (nSPS) is 10.8. The molecule has 0 spiro atoms. The maximum absolute atomic E-state index is 11.5. The maximum Gasteiger partial charge on any atom is 0.344 e. The second kappa shape index (κ2) is 6.91. The zero-order valence-electron chi connectivity index (χ0n) is 11.8. The highest BCUT2D eigenvalue weighted by atomic mass is 16.6. The summed E-state index contributed by atoms with van der Waals surface area (Å²) in [6, 6.07) is 13.8. The highest BCUT2D eigenvalue weighted by Gasteiger charge is 2.05. The van der Waals surface area contributed by atoms with E-state index in [1.807, 2.05) is 61.5 Å². The van der Waals surface area contributed by atoms with Crippen LogP contribution in [-0.2, 0) is 9.53 Å². The van der Waals surface area contributed by atoms with Gasteiger partial charge in [0.25, 0.3) is 0 Å². The minimum Gasteiger partial charge on any atom is -0.482 e. The fourth-order valence-electron chi connectivity index (χ4n) is 1.78. The summed E-state index contributed by atoms with van der Waals surface area (Å²) in [6.45, 7) is 1.03. The van der Waals surface area contributed by atoms with Crippen molar-refractivity contribution >= 4 is 16.7 Å². The number of ether oxygens (including phenoxy) is 2. The summed E-state index contributed by atoms with van der Waals surface area (Å²) in [7, 11) is 3.86.